The molecular weight excluding hydrogens is 274 g/mol. The molecule has 1 rings (SSSR count). The van der Waals surface area contributed by atoms with Gasteiger partial charge in [0.2, 0.25) is 0 Å². The second-order valence-electron chi connectivity index (χ2n) is 5.83. The molecule has 5 nitrogen and oxygen atoms in total. The van der Waals surface area contributed by atoms with Crippen molar-refractivity contribution >= 4 is 10.0 Å². The van der Waals surface area contributed by atoms with Crippen LogP contribution in [0.2, 0.25) is 0 Å². The highest BCUT2D eigenvalue weighted by Crippen LogP contribution is 2.22. The van der Waals surface area contributed by atoms with Crippen LogP contribution in [-0.4, -0.2) is 43.9 Å². The maximum Gasteiger partial charge on any atom is 0.260 e. The van der Waals surface area contributed by atoms with Crippen LogP contribution in [0, 0.1) is 5.41 Å². The molecule has 0 saturated heterocycles. The lowest BCUT2D eigenvalue weighted by Crippen LogP contribution is -2.48. The van der Waals surface area contributed by atoms with Crippen LogP contribution in [0.1, 0.15) is 27.7 Å². The van der Waals surface area contributed by atoms with Crippen molar-refractivity contribution in [3.05, 3.63) is 24.4 Å². The van der Waals surface area contributed by atoms with Crippen molar-refractivity contribution in [3.63, 3.8) is 0 Å². The van der Waals surface area contributed by atoms with Gasteiger partial charge in [-0.1, -0.05) is 33.8 Å². The number of rotatable bonds is 6. The Kier molecular flexibility index (Phi) is 5.68. The highest BCUT2D eigenvalue weighted by molar-refractivity contribution is 7.89. The fourth-order valence-electron chi connectivity index (χ4n) is 2.03. The number of hydrogen-bond donors (Lipinski definition) is 1. The van der Waals surface area contributed by atoms with Crippen LogP contribution in [0.3, 0.4) is 0 Å². The van der Waals surface area contributed by atoms with Gasteiger partial charge in [-0.05, 0) is 24.6 Å². The number of likely N-dealkylation sites (N-methyl/N-ethyl adjacent to an activating group) is 2. The van der Waals surface area contributed by atoms with E-state index in [1.807, 2.05) is 14.0 Å². The fraction of sp³-hybridized carbons (Fsp3) is 0.643. The molecule has 0 aliphatic carbocycles. The summed E-state index contributed by atoms with van der Waals surface area (Å²) >= 11 is 0. The molecule has 6 heteroatoms. The van der Waals surface area contributed by atoms with E-state index in [9.17, 15) is 8.42 Å². The molecule has 1 aromatic heterocycles. The first kappa shape index (κ1) is 17.1. The lowest BCUT2D eigenvalue weighted by atomic mass is 9.87. The highest BCUT2D eigenvalue weighted by atomic mass is 32.2. The van der Waals surface area contributed by atoms with Gasteiger partial charge in [0.1, 0.15) is 0 Å². The summed E-state index contributed by atoms with van der Waals surface area (Å²) in [6.07, 6.45) is 1.50. The van der Waals surface area contributed by atoms with Crippen LogP contribution >= 0.6 is 0 Å². The zero-order valence-corrected chi connectivity index (χ0v) is 13.7. The van der Waals surface area contributed by atoms with Gasteiger partial charge in [0.05, 0.1) is 0 Å². The Balaban J connectivity index is 3.02. The van der Waals surface area contributed by atoms with E-state index >= 15 is 0 Å². The summed E-state index contributed by atoms with van der Waals surface area (Å²) in [6.45, 7) is 8.97. The van der Waals surface area contributed by atoms with E-state index in [-0.39, 0.29) is 16.5 Å². The first-order valence-electron chi connectivity index (χ1n) is 6.82. The predicted octanol–water partition coefficient (Wildman–Crippen LogP) is 1.73. The Bertz CT molecular complexity index is 509. The third-order valence-electron chi connectivity index (χ3n) is 3.37. The maximum atomic E-state index is 12.6. The molecule has 114 valence electrons. The first-order chi connectivity index (χ1) is 9.23. The van der Waals surface area contributed by atoms with Crippen LogP contribution in [-0.2, 0) is 10.0 Å². The SMILES string of the molecule is CCN(C[C@@H](NC)C(C)(C)C)S(=O)(=O)c1ccccn1. The molecule has 0 bridgehead atoms. The minimum absolute atomic E-state index is 0.0260. The van der Waals surface area contributed by atoms with Gasteiger partial charge in [0, 0.05) is 25.3 Å². The van der Waals surface area contributed by atoms with Crippen molar-refractivity contribution in [2.24, 2.45) is 5.41 Å². The van der Waals surface area contributed by atoms with Crippen molar-refractivity contribution < 1.29 is 8.42 Å². The molecule has 0 saturated carbocycles. The molecule has 1 N–H and O–H groups in total. The van der Waals surface area contributed by atoms with E-state index in [4.69, 9.17) is 0 Å². The third kappa shape index (κ3) is 4.01. The zero-order valence-electron chi connectivity index (χ0n) is 12.9. The molecule has 20 heavy (non-hydrogen) atoms. The van der Waals surface area contributed by atoms with Crippen molar-refractivity contribution in [1.29, 1.82) is 0 Å². The van der Waals surface area contributed by atoms with Crippen LogP contribution < -0.4 is 5.32 Å². The summed E-state index contributed by atoms with van der Waals surface area (Å²) in [4.78, 5) is 3.96. The third-order valence-corrected chi connectivity index (χ3v) is 5.23. The molecule has 0 radical (unpaired) electrons. The number of sulfonamides is 1. The van der Waals surface area contributed by atoms with Gasteiger partial charge < -0.3 is 5.32 Å². The number of pyridine rings is 1. The van der Waals surface area contributed by atoms with E-state index in [1.165, 1.54) is 16.6 Å². The summed E-state index contributed by atoms with van der Waals surface area (Å²) < 4.78 is 26.6. The van der Waals surface area contributed by atoms with E-state index in [0.29, 0.717) is 13.1 Å². The number of nitrogens with one attached hydrogen (secondary N) is 1. The normalized spacial score (nSPS) is 14.5. The molecule has 0 aliphatic heterocycles. The smallest absolute Gasteiger partial charge is 0.260 e. The summed E-state index contributed by atoms with van der Waals surface area (Å²) in [7, 11) is -1.68. The molecule has 1 atom stereocenters. The maximum absolute atomic E-state index is 12.6. The molecule has 0 fully saturated rings. The lowest BCUT2D eigenvalue weighted by Gasteiger charge is -2.34. The Morgan fingerprint density at radius 3 is 2.40 bits per heavy atom. The van der Waals surface area contributed by atoms with Gasteiger partial charge in [-0.15, -0.1) is 0 Å². The molecule has 0 aromatic carbocycles. The van der Waals surface area contributed by atoms with Gasteiger partial charge in [-0.25, -0.2) is 13.4 Å². The van der Waals surface area contributed by atoms with Gasteiger partial charge in [-0.2, -0.15) is 4.31 Å². The average molecular weight is 299 g/mol. The summed E-state index contributed by atoms with van der Waals surface area (Å²) in [5.41, 5.74) is -0.0260. The van der Waals surface area contributed by atoms with Crippen molar-refractivity contribution in [2.45, 2.75) is 38.8 Å². The Morgan fingerprint density at radius 2 is 2.00 bits per heavy atom. The van der Waals surface area contributed by atoms with E-state index in [0.717, 1.165) is 0 Å². The van der Waals surface area contributed by atoms with E-state index < -0.39 is 10.0 Å². The molecular formula is C14H25N3O2S. The first-order valence-corrected chi connectivity index (χ1v) is 8.26. The predicted molar refractivity (Wildman–Crippen MR) is 81.0 cm³/mol. The van der Waals surface area contributed by atoms with E-state index in [2.05, 4.69) is 31.1 Å². The molecule has 1 heterocycles. The second kappa shape index (κ2) is 6.65. The Morgan fingerprint density at radius 1 is 1.35 bits per heavy atom. The zero-order chi connectivity index (χ0) is 15.4. The van der Waals surface area contributed by atoms with Crippen LogP contribution in [0.5, 0.6) is 0 Å². The topological polar surface area (TPSA) is 62.3 Å². The van der Waals surface area contributed by atoms with Crippen LogP contribution in [0.15, 0.2) is 29.4 Å². The molecule has 0 spiro atoms. The van der Waals surface area contributed by atoms with Gasteiger partial charge in [0.15, 0.2) is 5.03 Å². The summed E-state index contributed by atoms with van der Waals surface area (Å²) in [5.74, 6) is 0. The minimum atomic E-state index is -3.53. The number of aromatic nitrogens is 1. The summed E-state index contributed by atoms with van der Waals surface area (Å²) in [6, 6.07) is 5.00. The standard InChI is InChI=1S/C14H25N3O2S/c1-6-17(11-12(15-5)14(2,3)4)20(18,19)13-9-7-8-10-16-13/h7-10,12,15H,6,11H2,1-5H3/t12-/m1/s1. The lowest BCUT2D eigenvalue weighted by molar-refractivity contribution is 0.237. The van der Waals surface area contributed by atoms with Gasteiger partial charge in [0.25, 0.3) is 10.0 Å². The number of nitrogens with zero attached hydrogens (tertiary/aromatic N) is 2. The van der Waals surface area contributed by atoms with E-state index in [1.54, 1.807) is 12.1 Å². The second-order valence-corrected chi connectivity index (χ2v) is 7.72. The van der Waals surface area contributed by atoms with Crippen molar-refractivity contribution in [2.75, 3.05) is 20.1 Å². The minimum Gasteiger partial charge on any atom is -0.315 e. The quantitative estimate of drug-likeness (QED) is 0.869. The highest BCUT2D eigenvalue weighted by Gasteiger charge is 2.31. The fourth-order valence-corrected chi connectivity index (χ4v) is 3.43. The molecule has 0 unspecified atom stereocenters. The van der Waals surface area contributed by atoms with Crippen molar-refractivity contribution in [1.82, 2.24) is 14.6 Å². The van der Waals surface area contributed by atoms with Gasteiger partial charge in [-0.3, -0.25) is 0 Å². The largest absolute Gasteiger partial charge is 0.315 e. The monoisotopic (exact) mass is 299 g/mol. The molecule has 0 amide bonds. The van der Waals surface area contributed by atoms with Gasteiger partial charge >= 0.3 is 0 Å². The summed E-state index contributed by atoms with van der Waals surface area (Å²) in [5, 5.41) is 3.31. The van der Waals surface area contributed by atoms with Crippen LogP contribution in [0.25, 0.3) is 0 Å². The van der Waals surface area contributed by atoms with Crippen LogP contribution in [0.4, 0.5) is 0 Å². The number of hydrogen-bond acceptors (Lipinski definition) is 4. The average Bonchev–Trinajstić information content (AvgIpc) is 2.39. The molecule has 1 aromatic rings. The Labute approximate surface area is 122 Å². The molecule has 0 aliphatic rings. The van der Waals surface area contributed by atoms with Crippen molar-refractivity contribution in [3.8, 4) is 0 Å². The Hall–Kier alpha value is -0.980.